The van der Waals surface area contributed by atoms with Crippen molar-refractivity contribution < 1.29 is 14.7 Å². The van der Waals surface area contributed by atoms with E-state index in [4.69, 9.17) is 0 Å². The smallest absolute Gasteiger partial charge is 0.174 e. The number of phenols is 1. The molecule has 3 rings (SSSR count). The van der Waals surface area contributed by atoms with Crippen LogP contribution in [0.1, 0.15) is 24.8 Å². The molecule has 3 nitrogen and oxygen atoms in total. The Morgan fingerprint density at radius 1 is 1.39 bits per heavy atom. The Kier molecular flexibility index (Phi) is 3.88. The van der Waals surface area contributed by atoms with E-state index in [1.54, 1.807) is 31.2 Å². The van der Waals surface area contributed by atoms with Gasteiger partial charge in [-0.1, -0.05) is 46.8 Å². The number of hydrogen-bond acceptors (Lipinski definition) is 3. The van der Waals surface area contributed by atoms with Gasteiger partial charge in [0.05, 0.1) is 0 Å². The molecule has 23 heavy (non-hydrogen) atoms. The van der Waals surface area contributed by atoms with E-state index in [2.05, 4.69) is 22.5 Å². The third-order valence-electron chi connectivity index (χ3n) is 4.72. The van der Waals surface area contributed by atoms with Gasteiger partial charge in [0.25, 0.3) is 0 Å². The number of allylic oxidation sites excluding steroid dienone is 5. The minimum absolute atomic E-state index is 0.00834. The normalized spacial score (nSPS) is 30.3. The van der Waals surface area contributed by atoms with Crippen molar-refractivity contribution in [1.29, 1.82) is 0 Å². The lowest BCUT2D eigenvalue weighted by Crippen LogP contribution is -2.52. The number of Topliss-reactive ketones (excluding diaryl/α,β-unsaturated/α-hetero) is 1. The molecule has 0 aliphatic heterocycles. The van der Waals surface area contributed by atoms with Crippen molar-refractivity contribution in [3.05, 3.63) is 65.8 Å². The van der Waals surface area contributed by atoms with E-state index in [9.17, 15) is 14.7 Å². The van der Waals surface area contributed by atoms with Crippen LogP contribution in [0.15, 0.2) is 60.2 Å². The van der Waals surface area contributed by atoms with Gasteiger partial charge in [-0.2, -0.15) is 0 Å². The third kappa shape index (κ3) is 2.32. The van der Waals surface area contributed by atoms with Crippen molar-refractivity contribution in [3.63, 3.8) is 0 Å². The molecule has 1 aromatic carbocycles. The van der Waals surface area contributed by atoms with Gasteiger partial charge in [0.1, 0.15) is 10.1 Å². The third-order valence-corrected chi connectivity index (χ3v) is 6.12. The molecule has 0 heterocycles. The fourth-order valence-electron chi connectivity index (χ4n) is 3.59. The molecular formula is C19H17BrO3. The van der Waals surface area contributed by atoms with Crippen molar-refractivity contribution >= 4 is 27.5 Å². The molecule has 118 valence electrons. The number of halogens is 1. The number of hydrogen-bond donors (Lipinski definition) is 1. The summed E-state index contributed by atoms with van der Waals surface area (Å²) in [5, 5.41) is 9.82. The standard InChI is InChI=1S/C19H17BrO3/c1-3-12-7-8-15-18(23)11(2)9-16(22)19(15,20)17(12)13-5-4-6-14(21)10-13/h3-7,9-10,15,17,21H,1,8H2,2H3/t15-,17+,19+/m0/s1. The summed E-state index contributed by atoms with van der Waals surface area (Å²) in [4.78, 5) is 25.4. The van der Waals surface area contributed by atoms with Crippen LogP contribution in [0.25, 0.3) is 0 Å². The summed E-state index contributed by atoms with van der Waals surface area (Å²) in [6, 6.07) is 6.81. The maximum Gasteiger partial charge on any atom is 0.174 e. The van der Waals surface area contributed by atoms with E-state index in [-0.39, 0.29) is 23.2 Å². The lowest BCUT2D eigenvalue weighted by molar-refractivity contribution is -0.128. The number of phenolic OH excluding ortho intramolecular Hbond substituents is 1. The van der Waals surface area contributed by atoms with Crippen molar-refractivity contribution in [3.8, 4) is 5.75 Å². The molecule has 0 unspecified atom stereocenters. The van der Waals surface area contributed by atoms with E-state index < -0.39 is 10.2 Å². The Morgan fingerprint density at radius 3 is 2.78 bits per heavy atom. The summed E-state index contributed by atoms with van der Waals surface area (Å²) in [5.41, 5.74) is 2.17. The Balaban J connectivity index is 2.23. The fourth-order valence-corrected chi connectivity index (χ4v) is 4.63. The highest BCUT2D eigenvalue weighted by atomic mass is 79.9. The molecule has 0 saturated carbocycles. The van der Waals surface area contributed by atoms with Crippen LogP contribution in [0, 0.1) is 5.92 Å². The topological polar surface area (TPSA) is 54.4 Å². The number of aromatic hydroxyl groups is 1. The Bertz CT molecular complexity index is 775. The van der Waals surface area contributed by atoms with Gasteiger partial charge in [-0.05, 0) is 48.3 Å². The largest absolute Gasteiger partial charge is 0.508 e. The molecule has 0 radical (unpaired) electrons. The molecule has 2 aliphatic rings. The number of ketones is 2. The number of carbonyl (C=O) groups is 2. The van der Waals surface area contributed by atoms with Gasteiger partial charge in [-0.15, -0.1) is 0 Å². The highest BCUT2D eigenvalue weighted by Crippen LogP contribution is 2.54. The van der Waals surface area contributed by atoms with Gasteiger partial charge in [0, 0.05) is 11.8 Å². The monoisotopic (exact) mass is 372 g/mol. The molecule has 0 fully saturated rings. The van der Waals surface area contributed by atoms with Gasteiger partial charge in [0.2, 0.25) is 0 Å². The van der Waals surface area contributed by atoms with E-state index in [0.29, 0.717) is 12.0 Å². The van der Waals surface area contributed by atoms with E-state index in [1.807, 2.05) is 12.1 Å². The Morgan fingerprint density at radius 2 is 2.13 bits per heavy atom. The summed E-state index contributed by atoms with van der Waals surface area (Å²) in [7, 11) is 0. The number of rotatable bonds is 2. The molecule has 4 heteroatoms. The first kappa shape index (κ1) is 15.9. The average molecular weight is 373 g/mol. The highest BCUT2D eigenvalue weighted by molar-refractivity contribution is 9.10. The van der Waals surface area contributed by atoms with Gasteiger partial charge in [0.15, 0.2) is 11.6 Å². The lowest BCUT2D eigenvalue weighted by Gasteiger charge is -2.45. The quantitative estimate of drug-likeness (QED) is 0.802. The maximum atomic E-state index is 12.8. The zero-order chi connectivity index (χ0) is 16.8. The highest BCUT2D eigenvalue weighted by Gasteiger charge is 2.56. The Labute approximate surface area is 143 Å². The summed E-state index contributed by atoms with van der Waals surface area (Å²) in [6.07, 6.45) is 5.61. The SMILES string of the molecule is C=CC1=CC[C@H]2C(=O)C(C)=CC(=O)[C@@]2(Br)[C@H]1c1cccc(O)c1. The first-order valence-electron chi connectivity index (χ1n) is 7.47. The lowest BCUT2D eigenvalue weighted by atomic mass is 9.63. The molecule has 1 aromatic rings. The van der Waals surface area contributed by atoms with Gasteiger partial charge in [-0.25, -0.2) is 0 Å². The van der Waals surface area contributed by atoms with Gasteiger partial charge < -0.3 is 5.11 Å². The van der Waals surface area contributed by atoms with Crippen LogP contribution in [0.5, 0.6) is 5.75 Å². The maximum absolute atomic E-state index is 12.8. The van der Waals surface area contributed by atoms with Crippen LogP contribution in [-0.4, -0.2) is 21.0 Å². The summed E-state index contributed by atoms with van der Waals surface area (Å²) in [5.74, 6) is -0.806. The first-order valence-corrected chi connectivity index (χ1v) is 8.26. The molecule has 0 amide bonds. The van der Waals surface area contributed by atoms with Crippen molar-refractivity contribution in [2.45, 2.75) is 23.6 Å². The van der Waals surface area contributed by atoms with Crippen LogP contribution in [0.4, 0.5) is 0 Å². The molecule has 0 spiro atoms. The molecule has 0 bridgehead atoms. The summed E-state index contributed by atoms with van der Waals surface area (Å²) < 4.78 is -1.03. The van der Waals surface area contributed by atoms with Crippen LogP contribution >= 0.6 is 15.9 Å². The summed E-state index contributed by atoms with van der Waals surface area (Å²) in [6.45, 7) is 5.53. The van der Waals surface area contributed by atoms with Crippen LogP contribution in [0.3, 0.4) is 0 Å². The predicted molar refractivity (Wildman–Crippen MR) is 92.7 cm³/mol. The first-order chi connectivity index (χ1) is 10.9. The van der Waals surface area contributed by atoms with E-state index in [1.165, 1.54) is 6.08 Å². The van der Waals surface area contributed by atoms with Gasteiger partial charge in [-0.3, -0.25) is 9.59 Å². The van der Waals surface area contributed by atoms with Crippen molar-refractivity contribution in [2.75, 3.05) is 0 Å². The summed E-state index contributed by atoms with van der Waals surface area (Å²) >= 11 is 3.63. The number of carbonyl (C=O) groups excluding carboxylic acids is 2. The van der Waals surface area contributed by atoms with Crippen molar-refractivity contribution in [2.24, 2.45) is 5.92 Å². The second kappa shape index (κ2) is 5.60. The van der Waals surface area contributed by atoms with Crippen LogP contribution < -0.4 is 0 Å². The second-order valence-corrected chi connectivity index (χ2v) is 7.36. The second-order valence-electron chi connectivity index (χ2n) is 6.05. The minimum atomic E-state index is -1.03. The van der Waals surface area contributed by atoms with Crippen LogP contribution in [0.2, 0.25) is 0 Å². The molecular weight excluding hydrogens is 356 g/mol. The molecule has 0 saturated heterocycles. The number of benzene rings is 1. The van der Waals surface area contributed by atoms with E-state index in [0.717, 1.165) is 11.1 Å². The molecule has 1 N–H and O–H groups in total. The van der Waals surface area contributed by atoms with Crippen molar-refractivity contribution in [1.82, 2.24) is 0 Å². The molecule has 2 aliphatic carbocycles. The number of alkyl halides is 1. The Hall–Kier alpha value is -1.94. The zero-order valence-electron chi connectivity index (χ0n) is 12.8. The molecule has 0 aromatic heterocycles. The minimum Gasteiger partial charge on any atom is -0.508 e. The van der Waals surface area contributed by atoms with E-state index >= 15 is 0 Å². The predicted octanol–water partition coefficient (Wildman–Crippen LogP) is 3.84. The van der Waals surface area contributed by atoms with Gasteiger partial charge >= 0.3 is 0 Å². The van der Waals surface area contributed by atoms with Crippen LogP contribution in [-0.2, 0) is 9.59 Å². The number of fused-ring (bicyclic) bond motifs is 1. The zero-order valence-corrected chi connectivity index (χ0v) is 14.3. The average Bonchev–Trinajstić information content (AvgIpc) is 2.52. The fraction of sp³-hybridized carbons (Fsp3) is 0.263. The molecule has 3 atom stereocenters.